The molecule has 0 spiro atoms. The van der Waals surface area contributed by atoms with Gasteiger partial charge in [0.15, 0.2) is 11.8 Å². The van der Waals surface area contributed by atoms with Crippen molar-refractivity contribution < 1.29 is 0 Å². The van der Waals surface area contributed by atoms with Gasteiger partial charge in [0.2, 0.25) is 0 Å². The summed E-state index contributed by atoms with van der Waals surface area (Å²) in [5, 5.41) is 15.7. The molecule has 0 amide bonds. The molecule has 2 aromatic heterocycles. The normalized spacial score (nSPS) is 11.8. The maximum atomic E-state index is 4.23. The van der Waals surface area contributed by atoms with E-state index in [0.717, 1.165) is 24.7 Å². The first-order valence-electron chi connectivity index (χ1n) is 7.60. The molecule has 0 aliphatic heterocycles. The van der Waals surface area contributed by atoms with Gasteiger partial charge in [-0.3, -0.25) is 4.99 Å². The van der Waals surface area contributed by atoms with E-state index in [0.29, 0.717) is 6.54 Å². The van der Waals surface area contributed by atoms with E-state index in [1.165, 1.54) is 16.5 Å². The molecule has 0 aliphatic rings. The highest BCUT2D eigenvalue weighted by molar-refractivity contribution is 5.83. The summed E-state index contributed by atoms with van der Waals surface area (Å²) in [7, 11) is 3.68. The van der Waals surface area contributed by atoms with Crippen LogP contribution in [0.5, 0.6) is 0 Å². The van der Waals surface area contributed by atoms with Crippen LogP contribution in [0.3, 0.4) is 0 Å². The van der Waals surface area contributed by atoms with Crippen molar-refractivity contribution in [1.29, 1.82) is 0 Å². The molecule has 3 N–H and O–H groups in total. The Labute approximate surface area is 134 Å². The van der Waals surface area contributed by atoms with Gasteiger partial charge in [-0.25, -0.2) is 0 Å². The Morgan fingerprint density at radius 3 is 2.96 bits per heavy atom. The van der Waals surface area contributed by atoms with Crippen molar-refractivity contribution in [3.05, 3.63) is 48.2 Å². The van der Waals surface area contributed by atoms with Gasteiger partial charge in [0.1, 0.15) is 6.33 Å². The lowest BCUT2D eigenvalue weighted by Gasteiger charge is -2.11. The quantitative estimate of drug-likeness (QED) is 0.488. The lowest BCUT2D eigenvalue weighted by Crippen LogP contribution is -2.38. The minimum absolute atomic E-state index is 0.587. The van der Waals surface area contributed by atoms with Crippen LogP contribution >= 0.6 is 0 Å². The van der Waals surface area contributed by atoms with Crippen LogP contribution in [0, 0.1) is 0 Å². The summed E-state index contributed by atoms with van der Waals surface area (Å²) in [6, 6.07) is 8.34. The number of aliphatic imine (C=N–C) groups is 1. The van der Waals surface area contributed by atoms with Crippen molar-refractivity contribution in [2.45, 2.75) is 13.0 Å². The number of guanidine groups is 1. The van der Waals surface area contributed by atoms with Crippen molar-refractivity contribution >= 4 is 16.9 Å². The van der Waals surface area contributed by atoms with Gasteiger partial charge in [-0.05, 0) is 18.1 Å². The Balaban J connectivity index is 1.51. The Morgan fingerprint density at radius 2 is 2.17 bits per heavy atom. The van der Waals surface area contributed by atoms with Crippen LogP contribution in [0.25, 0.3) is 10.9 Å². The number of aromatic amines is 1. The standard InChI is InChI=1S/C16H21N7/c1-17-16(20-10-15-22-21-11-23(15)2)18-8-7-12-9-19-14-6-4-3-5-13(12)14/h3-6,9,11,19H,7-8,10H2,1-2H3,(H2,17,18,20). The largest absolute Gasteiger partial charge is 0.361 e. The molecule has 3 rings (SSSR count). The molecule has 0 saturated carbocycles. The molecule has 0 fully saturated rings. The van der Waals surface area contributed by atoms with Crippen LogP contribution in [0.2, 0.25) is 0 Å². The lowest BCUT2D eigenvalue weighted by atomic mass is 10.1. The van der Waals surface area contributed by atoms with Gasteiger partial charge in [-0.15, -0.1) is 10.2 Å². The van der Waals surface area contributed by atoms with Crippen LogP contribution in [-0.2, 0) is 20.0 Å². The molecule has 0 radical (unpaired) electrons. The highest BCUT2D eigenvalue weighted by Crippen LogP contribution is 2.17. The number of aryl methyl sites for hydroxylation is 1. The summed E-state index contributed by atoms with van der Waals surface area (Å²) in [5.41, 5.74) is 2.48. The highest BCUT2D eigenvalue weighted by atomic mass is 15.3. The fraction of sp³-hybridized carbons (Fsp3) is 0.312. The second-order valence-corrected chi connectivity index (χ2v) is 5.32. The monoisotopic (exact) mass is 311 g/mol. The average Bonchev–Trinajstić information content (AvgIpc) is 3.17. The van der Waals surface area contributed by atoms with Crippen molar-refractivity contribution in [1.82, 2.24) is 30.4 Å². The summed E-state index contributed by atoms with van der Waals surface area (Å²) in [6.45, 7) is 1.39. The molecule has 23 heavy (non-hydrogen) atoms. The van der Waals surface area contributed by atoms with Crippen LogP contribution in [0.1, 0.15) is 11.4 Å². The molecular formula is C16H21N7. The third-order valence-corrected chi connectivity index (χ3v) is 3.80. The first kappa shape index (κ1) is 15.1. The van der Waals surface area contributed by atoms with Gasteiger partial charge in [-0.1, -0.05) is 18.2 Å². The van der Waals surface area contributed by atoms with Crippen molar-refractivity contribution in [2.75, 3.05) is 13.6 Å². The van der Waals surface area contributed by atoms with Crippen LogP contribution < -0.4 is 10.6 Å². The molecule has 2 heterocycles. The summed E-state index contributed by atoms with van der Waals surface area (Å²) < 4.78 is 1.88. The molecule has 0 bridgehead atoms. The third-order valence-electron chi connectivity index (χ3n) is 3.80. The number of benzene rings is 1. The predicted molar refractivity (Wildman–Crippen MR) is 91.2 cm³/mol. The lowest BCUT2D eigenvalue weighted by molar-refractivity contribution is 0.724. The molecule has 0 saturated heterocycles. The van der Waals surface area contributed by atoms with Gasteiger partial charge in [0, 0.05) is 37.7 Å². The van der Waals surface area contributed by atoms with Gasteiger partial charge < -0.3 is 20.2 Å². The minimum Gasteiger partial charge on any atom is -0.361 e. The van der Waals surface area contributed by atoms with E-state index in [4.69, 9.17) is 0 Å². The molecule has 3 aromatic rings. The van der Waals surface area contributed by atoms with E-state index >= 15 is 0 Å². The molecular weight excluding hydrogens is 290 g/mol. The first-order chi connectivity index (χ1) is 11.3. The minimum atomic E-state index is 0.587. The van der Waals surface area contributed by atoms with E-state index in [2.05, 4.69) is 55.2 Å². The summed E-state index contributed by atoms with van der Waals surface area (Å²) in [5.74, 6) is 1.62. The number of H-pyrrole nitrogens is 1. The molecule has 7 heteroatoms. The Hall–Kier alpha value is -2.83. The molecule has 1 aromatic carbocycles. The topological polar surface area (TPSA) is 82.9 Å². The number of fused-ring (bicyclic) bond motifs is 1. The van der Waals surface area contributed by atoms with Crippen molar-refractivity contribution in [3.8, 4) is 0 Å². The zero-order chi connectivity index (χ0) is 16.1. The van der Waals surface area contributed by atoms with Crippen molar-refractivity contribution in [2.24, 2.45) is 12.0 Å². The fourth-order valence-corrected chi connectivity index (χ4v) is 2.50. The van der Waals surface area contributed by atoms with Gasteiger partial charge >= 0.3 is 0 Å². The second-order valence-electron chi connectivity index (χ2n) is 5.32. The number of para-hydroxylation sites is 1. The zero-order valence-corrected chi connectivity index (χ0v) is 13.4. The average molecular weight is 311 g/mol. The summed E-state index contributed by atoms with van der Waals surface area (Å²) in [4.78, 5) is 7.53. The maximum absolute atomic E-state index is 4.23. The number of hydrogen-bond acceptors (Lipinski definition) is 3. The molecule has 120 valence electrons. The number of rotatable bonds is 5. The third kappa shape index (κ3) is 3.50. The number of nitrogens with one attached hydrogen (secondary N) is 3. The molecule has 7 nitrogen and oxygen atoms in total. The zero-order valence-electron chi connectivity index (χ0n) is 13.4. The van der Waals surface area contributed by atoms with E-state index in [9.17, 15) is 0 Å². The predicted octanol–water partition coefficient (Wildman–Crippen LogP) is 1.20. The van der Waals surface area contributed by atoms with Crippen LogP contribution in [-0.4, -0.2) is 39.3 Å². The summed E-state index contributed by atoms with van der Waals surface area (Å²) >= 11 is 0. The number of nitrogens with zero attached hydrogens (tertiary/aromatic N) is 4. The molecule has 0 aliphatic carbocycles. The van der Waals surface area contributed by atoms with E-state index in [-0.39, 0.29) is 0 Å². The summed E-state index contributed by atoms with van der Waals surface area (Å²) in [6.07, 6.45) is 4.68. The first-order valence-corrected chi connectivity index (χ1v) is 7.60. The molecule has 0 unspecified atom stereocenters. The van der Waals surface area contributed by atoms with Gasteiger partial charge in [0.05, 0.1) is 6.54 Å². The highest BCUT2D eigenvalue weighted by Gasteiger charge is 2.05. The maximum Gasteiger partial charge on any atom is 0.191 e. The number of aromatic nitrogens is 4. The smallest absolute Gasteiger partial charge is 0.191 e. The van der Waals surface area contributed by atoms with E-state index < -0.39 is 0 Å². The van der Waals surface area contributed by atoms with Gasteiger partial charge in [-0.2, -0.15) is 0 Å². The molecule has 0 atom stereocenters. The van der Waals surface area contributed by atoms with E-state index in [1.54, 1.807) is 13.4 Å². The van der Waals surface area contributed by atoms with Crippen LogP contribution in [0.15, 0.2) is 41.8 Å². The SMILES string of the molecule is CN=C(NCCc1c[nH]c2ccccc12)NCc1nncn1C. The Kier molecular flexibility index (Phi) is 4.56. The number of hydrogen-bond donors (Lipinski definition) is 3. The van der Waals surface area contributed by atoms with Crippen LogP contribution in [0.4, 0.5) is 0 Å². The second kappa shape index (κ2) is 6.95. The fourth-order valence-electron chi connectivity index (χ4n) is 2.50. The van der Waals surface area contributed by atoms with Gasteiger partial charge in [0.25, 0.3) is 0 Å². The Morgan fingerprint density at radius 1 is 1.30 bits per heavy atom. The van der Waals surface area contributed by atoms with E-state index in [1.807, 2.05) is 17.7 Å². The van der Waals surface area contributed by atoms with Crippen molar-refractivity contribution in [3.63, 3.8) is 0 Å². The Bertz CT molecular complexity index is 799.